The summed E-state index contributed by atoms with van der Waals surface area (Å²) in [5.74, 6) is 3.67. The molecule has 5 heteroatoms. The number of likely N-dealkylation sites (N-methyl/N-ethyl adjacent to an activating group) is 1. The Kier molecular flexibility index (Phi) is 5.04. The first-order valence-corrected chi connectivity index (χ1v) is 8.00. The van der Waals surface area contributed by atoms with Crippen molar-refractivity contribution in [2.24, 2.45) is 5.92 Å². The van der Waals surface area contributed by atoms with Crippen LogP contribution in [-0.2, 0) is 6.42 Å². The first kappa shape index (κ1) is 16.0. The lowest BCUT2D eigenvalue weighted by Crippen LogP contribution is -2.34. The van der Waals surface area contributed by atoms with Gasteiger partial charge in [0.25, 0.3) is 0 Å². The van der Waals surface area contributed by atoms with Crippen LogP contribution in [0.4, 0.5) is 11.6 Å². The lowest BCUT2D eigenvalue weighted by molar-refractivity contribution is 0.266. The smallest absolute Gasteiger partial charge is 0.137 e. The molecular formula is C16H29N5. The van der Waals surface area contributed by atoms with E-state index in [9.17, 15) is 0 Å². The van der Waals surface area contributed by atoms with Gasteiger partial charge in [-0.15, -0.1) is 0 Å². The van der Waals surface area contributed by atoms with Gasteiger partial charge < -0.3 is 15.1 Å². The zero-order chi connectivity index (χ0) is 15.6. The van der Waals surface area contributed by atoms with Gasteiger partial charge in [0, 0.05) is 37.7 Å². The highest BCUT2D eigenvalue weighted by molar-refractivity contribution is 5.59. The minimum Gasteiger partial charge on any atom is -0.370 e. The van der Waals surface area contributed by atoms with Gasteiger partial charge in [0.15, 0.2) is 0 Å². The van der Waals surface area contributed by atoms with Crippen molar-refractivity contribution in [2.75, 3.05) is 43.9 Å². The Morgan fingerprint density at radius 2 is 1.95 bits per heavy atom. The number of aryl methyl sites for hydroxylation is 1. The average Bonchev–Trinajstić information content (AvgIpc) is 2.83. The highest BCUT2D eigenvalue weighted by Gasteiger charge is 2.32. The third-order valence-electron chi connectivity index (χ3n) is 4.36. The summed E-state index contributed by atoms with van der Waals surface area (Å²) in [5.41, 5.74) is 1.17. The topological polar surface area (TPSA) is 44.3 Å². The maximum Gasteiger partial charge on any atom is 0.137 e. The maximum absolute atomic E-state index is 4.80. The predicted molar refractivity (Wildman–Crippen MR) is 89.2 cm³/mol. The third kappa shape index (κ3) is 3.28. The van der Waals surface area contributed by atoms with Crippen molar-refractivity contribution < 1.29 is 0 Å². The van der Waals surface area contributed by atoms with Gasteiger partial charge in [-0.2, -0.15) is 0 Å². The van der Waals surface area contributed by atoms with E-state index in [4.69, 9.17) is 4.98 Å². The van der Waals surface area contributed by atoms with Gasteiger partial charge in [0.2, 0.25) is 0 Å². The summed E-state index contributed by atoms with van der Waals surface area (Å²) in [6.45, 7) is 11.7. The number of anilines is 2. The van der Waals surface area contributed by atoms with E-state index in [-0.39, 0.29) is 0 Å². The minimum atomic E-state index is 0.590. The fraction of sp³-hybridized carbons (Fsp3) is 0.750. The molecule has 0 aliphatic carbocycles. The Labute approximate surface area is 128 Å². The first-order valence-electron chi connectivity index (χ1n) is 8.00. The van der Waals surface area contributed by atoms with Gasteiger partial charge in [-0.05, 0) is 33.9 Å². The summed E-state index contributed by atoms with van der Waals surface area (Å²) in [5, 5.41) is 3.37. The van der Waals surface area contributed by atoms with Gasteiger partial charge in [-0.3, -0.25) is 0 Å². The lowest BCUT2D eigenvalue weighted by Gasteiger charge is -2.24. The van der Waals surface area contributed by atoms with Crippen molar-refractivity contribution >= 4 is 11.6 Å². The molecule has 1 aromatic heterocycles. The van der Waals surface area contributed by atoms with Crippen molar-refractivity contribution in [2.45, 2.75) is 40.2 Å². The molecule has 2 unspecified atom stereocenters. The van der Waals surface area contributed by atoms with Crippen LogP contribution in [0.15, 0.2) is 0 Å². The summed E-state index contributed by atoms with van der Waals surface area (Å²) in [4.78, 5) is 14.2. The van der Waals surface area contributed by atoms with Crippen LogP contribution in [0.3, 0.4) is 0 Å². The number of nitrogens with zero attached hydrogens (tertiary/aromatic N) is 4. The monoisotopic (exact) mass is 291 g/mol. The molecule has 1 aliphatic heterocycles. The molecule has 0 amide bonds. The fourth-order valence-electron chi connectivity index (χ4n) is 3.15. The normalized spacial score (nSPS) is 22.1. The van der Waals surface area contributed by atoms with Crippen LogP contribution in [0.1, 0.15) is 32.2 Å². The van der Waals surface area contributed by atoms with Crippen LogP contribution in [0, 0.1) is 12.8 Å². The minimum absolute atomic E-state index is 0.590. The Morgan fingerprint density at radius 3 is 2.48 bits per heavy atom. The number of aromatic nitrogens is 2. The molecule has 2 atom stereocenters. The molecule has 0 saturated carbocycles. The zero-order valence-corrected chi connectivity index (χ0v) is 14.3. The molecule has 0 bridgehead atoms. The first-order chi connectivity index (χ1) is 9.97. The molecule has 5 nitrogen and oxygen atoms in total. The SMILES string of the molecule is CCNc1nc(CC)nc(N2CC(C)C(N(C)C)C2)c1C. The van der Waals surface area contributed by atoms with Gasteiger partial charge in [0.05, 0.1) is 0 Å². The molecule has 1 aliphatic rings. The molecule has 0 radical (unpaired) electrons. The van der Waals surface area contributed by atoms with E-state index in [0.717, 1.165) is 43.5 Å². The van der Waals surface area contributed by atoms with E-state index in [1.165, 1.54) is 5.56 Å². The van der Waals surface area contributed by atoms with Crippen LogP contribution in [-0.4, -0.2) is 54.6 Å². The quantitative estimate of drug-likeness (QED) is 0.900. The Morgan fingerprint density at radius 1 is 1.24 bits per heavy atom. The van der Waals surface area contributed by atoms with E-state index in [0.29, 0.717) is 12.0 Å². The zero-order valence-electron chi connectivity index (χ0n) is 14.3. The number of rotatable bonds is 5. The number of nitrogens with one attached hydrogen (secondary N) is 1. The summed E-state index contributed by atoms with van der Waals surface area (Å²) in [6.07, 6.45) is 0.867. The van der Waals surface area contributed by atoms with E-state index >= 15 is 0 Å². The molecule has 21 heavy (non-hydrogen) atoms. The summed E-state index contributed by atoms with van der Waals surface area (Å²) in [7, 11) is 4.33. The van der Waals surface area contributed by atoms with Gasteiger partial charge in [0.1, 0.15) is 17.5 Å². The molecule has 2 heterocycles. The third-order valence-corrected chi connectivity index (χ3v) is 4.36. The second-order valence-corrected chi connectivity index (χ2v) is 6.23. The molecule has 1 aromatic rings. The van der Waals surface area contributed by atoms with Gasteiger partial charge in [-0.1, -0.05) is 13.8 Å². The molecular weight excluding hydrogens is 262 g/mol. The number of hydrogen-bond donors (Lipinski definition) is 1. The molecule has 0 spiro atoms. The van der Waals surface area contributed by atoms with Gasteiger partial charge >= 0.3 is 0 Å². The molecule has 0 aromatic carbocycles. The van der Waals surface area contributed by atoms with E-state index in [2.05, 4.69) is 61.9 Å². The largest absolute Gasteiger partial charge is 0.370 e. The van der Waals surface area contributed by atoms with Crippen molar-refractivity contribution in [3.8, 4) is 0 Å². The Bertz CT molecular complexity index is 486. The molecule has 1 saturated heterocycles. The molecule has 2 rings (SSSR count). The maximum atomic E-state index is 4.80. The summed E-state index contributed by atoms with van der Waals surface area (Å²) >= 11 is 0. The predicted octanol–water partition coefficient (Wildman–Crippen LogP) is 2.17. The van der Waals surface area contributed by atoms with Gasteiger partial charge in [-0.25, -0.2) is 9.97 Å². The van der Waals surface area contributed by atoms with Crippen LogP contribution >= 0.6 is 0 Å². The van der Waals surface area contributed by atoms with Crippen LogP contribution in [0.5, 0.6) is 0 Å². The highest BCUT2D eigenvalue weighted by Crippen LogP contribution is 2.30. The second kappa shape index (κ2) is 6.60. The summed E-state index contributed by atoms with van der Waals surface area (Å²) < 4.78 is 0. The van der Waals surface area contributed by atoms with Crippen LogP contribution in [0.25, 0.3) is 0 Å². The molecule has 1 fully saturated rings. The van der Waals surface area contributed by atoms with E-state index in [1.54, 1.807) is 0 Å². The van der Waals surface area contributed by atoms with E-state index in [1.807, 2.05) is 0 Å². The fourth-order valence-corrected chi connectivity index (χ4v) is 3.15. The molecule has 118 valence electrons. The van der Waals surface area contributed by atoms with Crippen molar-refractivity contribution in [3.05, 3.63) is 11.4 Å². The van der Waals surface area contributed by atoms with Crippen LogP contribution < -0.4 is 10.2 Å². The molecule has 1 N–H and O–H groups in total. The summed E-state index contributed by atoms with van der Waals surface area (Å²) in [6, 6.07) is 0.590. The van der Waals surface area contributed by atoms with Crippen molar-refractivity contribution in [3.63, 3.8) is 0 Å². The van der Waals surface area contributed by atoms with Crippen molar-refractivity contribution in [1.29, 1.82) is 0 Å². The van der Waals surface area contributed by atoms with Crippen LogP contribution in [0.2, 0.25) is 0 Å². The average molecular weight is 291 g/mol. The van der Waals surface area contributed by atoms with Crippen molar-refractivity contribution in [1.82, 2.24) is 14.9 Å². The van der Waals surface area contributed by atoms with E-state index < -0.39 is 0 Å². The lowest BCUT2D eigenvalue weighted by atomic mass is 10.1. The Hall–Kier alpha value is -1.36. The highest BCUT2D eigenvalue weighted by atomic mass is 15.3. The standard InChI is InChI=1S/C16H29N5/c1-7-14-18-15(17-8-2)12(4)16(19-14)21-9-11(3)13(10-21)20(5)6/h11,13H,7-10H2,1-6H3,(H,17,18,19). The second-order valence-electron chi connectivity index (χ2n) is 6.23. The Balaban J connectivity index is 2.33. The number of hydrogen-bond acceptors (Lipinski definition) is 5.